The Morgan fingerprint density at radius 1 is 1.04 bits per heavy atom. The van der Waals surface area contributed by atoms with Crippen LogP contribution in [0.5, 0.6) is 0 Å². The number of fused-ring (bicyclic) bond motifs is 1. The Bertz CT molecular complexity index is 1170. The molecule has 2 aromatic carbocycles. The van der Waals surface area contributed by atoms with Crippen LogP contribution in [0.3, 0.4) is 0 Å². The molecule has 0 saturated heterocycles. The summed E-state index contributed by atoms with van der Waals surface area (Å²) >= 11 is 4.81. The summed E-state index contributed by atoms with van der Waals surface area (Å²) in [6.45, 7) is 0. The maximum Gasteiger partial charge on any atom is 0.257 e. The average molecular weight is 390 g/mol. The number of hydrogen-bond donors (Lipinski definition) is 4. The van der Waals surface area contributed by atoms with Crippen molar-refractivity contribution in [3.8, 4) is 0 Å². The monoisotopic (exact) mass is 390 g/mol. The van der Waals surface area contributed by atoms with E-state index in [0.717, 1.165) is 10.8 Å². The largest absolute Gasteiger partial charge is 0.335 e. The third kappa shape index (κ3) is 4.23. The van der Waals surface area contributed by atoms with E-state index in [2.05, 4.69) is 15.4 Å². The van der Waals surface area contributed by atoms with Gasteiger partial charge in [-0.25, -0.2) is 8.42 Å². The molecule has 0 aliphatic rings. The predicted molar refractivity (Wildman–Crippen MR) is 98.4 cm³/mol. The van der Waals surface area contributed by atoms with E-state index in [0.29, 0.717) is 0 Å². The highest BCUT2D eigenvalue weighted by molar-refractivity contribution is 7.89. The van der Waals surface area contributed by atoms with Gasteiger partial charge >= 0.3 is 0 Å². The molecule has 8 nitrogen and oxygen atoms in total. The number of amides is 1. The van der Waals surface area contributed by atoms with Gasteiger partial charge in [0.1, 0.15) is 0 Å². The summed E-state index contributed by atoms with van der Waals surface area (Å²) in [6.07, 6.45) is -0.242. The molecule has 0 radical (unpaired) electrons. The van der Waals surface area contributed by atoms with Gasteiger partial charge in [0.05, 0.1) is 11.3 Å². The molecule has 0 aliphatic carbocycles. The Morgan fingerprint density at radius 2 is 1.77 bits per heavy atom. The molecule has 0 atom stereocenters. The van der Waals surface area contributed by atoms with Gasteiger partial charge in [-0.05, 0) is 35.1 Å². The molecule has 134 valence electrons. The summed E-state index contributed by atoms with van der Waals surface area (Å²) in [4.78, 5) is 30.3. The first-order chi connectivity index (χ1) is 12.3. The number of hydrazine groups is 1. The molecular formula is C16H14N4O4S2. The van der Waals surface area contributed by atoms with Crippen molar-refractivity contribution in [2.45, 2.75) is 11.3 Å². The van der Waals surface area contributed by atoms with E-state index in [1.54, 1.807) is 18.2 Å². The Kier molecular flexibility index (Phi) is 4.98. The Labute approximate surface area is 153 Å². The molecule has 0 bridgehead atoms. The second-order valence-electron chi connectivity index (χ2n) is 5.45. The van der Waals surface area contributed by atoms with Crippen LogP contribution in [0.4, 0.5) is 0 Å². The lowest BCUT2D eigenvalue weighted by molar-refractivity contribution is -0.120. The highest BCUT2D eigenvalue weighted by Crippen LogP contribution is 2.18. The molecule has 0 unspecified atom stereocenters. The summed E-state index contributed by atoms with van der Waals surface area (Å²) in [6, 6.07) is 13.1. The number of carbonyl (C=O) groups excluding carboxylic acids is 1. The third-order valence-electron chi connectivity index (χ3n) is 3.52. The molecule has 1 amide bonds. The Balaban J connectivity index is 1.71. The topological polar surface area (TPSA) is 124 Å². The second kappa shape index (κ2) is 7.20. The fourth-order valence-electron chi connectivity index (χ4n) is 2.35. The summed E-state index contributed by atoms with van der Waals surface area (Å²) in [5.41, 5.74) is 1.93. The number of H-pyrrole nitrogens is 2. The molecule has 26 heavy (non-hydrogen) atoms. The van der Waals surface area contributed by atoms with Crippen LogP contribution < -0.4 is 15.8 Å². The van der Waals surface area contributed by atoms with Crippen molar-refractivity contribution in [1.82, 2.24) is 20.2 Å². The van der Waals surface area contributed by atoms with Crippen molar-refractivity contribution < 1.29 is 13.2 Å². The molecule has 10 heteroatoms. The second-order valence-corrected chi connectivity index (χ2v) is 7.54. The molecule has 1 aromatic heterocycles. The number of hydrogen-bond acceptors (Lipinski definition) is 5. The summed E-state index contributed by atoms with van der Waals surface area (Å²) in [5.74, 6) is -0.648. The standard InChI is InChI=1S/C16H14N4O4S2/c21-14-8-12(17-16(25)18-14)9-15(22)19-20-26(23,24)13-6-5-10-3-1-2-4-11(10)7-13/h1-8,20H,9H2,(H,19,22)(H2,17,18,21,25). The lowest BCUT2D eigenvalue weighted by Gasteiger charge is -2.09. The van der Waals surface area contributed by atoms with E-state index in [4.69, 9.17) is 12.2 Å². The van der Waals surface area contributed by atoms with Crippen LogP contribution in [0.25, 0.3) is 10.8 Å². The van der Waals surface area contributed by atoms with Gasteiger partial charge in [0.15, 0.2) is 4.77 Å². The number of aromatic nitrogens is 2. The normalized spacial score (nSPS) is 11.4. The van der Waals surface area contributed by atoms with E-state index >= 15 is 0 Å². The molecule has 0 spiro atoms. The van der Waals surface area contributed by atoms with E-state index in [1.807, 2.05) is 17.0 Å². The van der Waals surface area contributed by atoms with Crippen LogP contribution in [0.15, 0.2) is 58.2 Å². The molecule has 0 aliphatic heterocycles. The molecule has 0 saturated carbocycles. The average Bonchev–Trinajstić information content (AvgIpc) is 2.59. The van der Waals surface area contributed by atoms with Gasteiger partial charge in [-0.2, -0.15) is 0 Å². The minimum absolute atomic E-state index is 0.0204. The lowest BCUT2D eigenvalue weighted by atomic mass is 10.1. The zero-order valence-electron chi connectivity index (χ0n) is 13.3. The highest BCUT2D eigenvalue weighted by Gasteiger charge is 2.16. The van der Waals surface area contributed by atoms with Crippen LogP contribution >= 0.6 is 12.2 Å². The summed E-state index contributed by atoms with van der Waals surface area (Å²) in [7, 11) is -3.94. The number of sulfonamides is 1. The van der Waals surface area contributed by atoms with Crippen molar-refractivity contribution in [2.75, 3.05) is 0 Å². The maximum absolute atomic E-state index is 12.3. The van der Waals surface area contributed by atoms with E-state index < -0.39 is 21.5 Å². The first kappa shape index (κ1) is 18.0. The summed E-state index contributed by atoms with van der Waals surface area (Å²) < 4.78 is 24.8. The first-order valence-electron chi connectivity index (χ1n) is 7.45. The van der Waals surface area contributed by atoms with Crippen LogP contribution in [0, 0.1) is 4.77 Å². The van der Waals surface area contributed by atoms with Gasteiger partial charge in [0, 0.05) is 11.8 Å². The van der Waals surface area contributed by atoms with Crippen LogP contribution in [-0.2, 0) is 21.2 Å². The maximum atomic E-state index is 12.3. The minimum Gasteiger partial charge on any atom is -0.335 e. The zero-order chi connectivity index (χ0) is 18.7. The molecule has 3 aromatic rings. The number of benzene rings is 2. The minimum atomic E-state index is -3.94. The number of carbonyl (C=O) groups is 1. The van der Waals surface area contributed by atoms with Gasteiger partial charge < -0.3 is 4.98 Å². The summed E-state index contributed by atoms with van der Waals surface area (Å²) in [5, 5.41) is 1.66. The van der Waals surface area contributed by atoms with Crippen molar-refractivity contribution in [2.24, 2.45) is 0 Å². The third-order valence-corrected chi connectivity index (χ3v) is 4.97. The van der Waals surface area contributed by atoms with Crippen LogP contribution in [-0.4, -0.2) is 24.3 Å². The van der Waals surface area contributed by atoms with Crippen molar-refractivity contribution in [3.05, 3.63) is 69.3 Å². The number of nitrogens with one attached hydrogen (secondary N) is 4. The quantitative estimate of drug-likeness (QED) is 0.384. The molecule has 4 N–H and O–H groups in total. The van der Waals surface area contributed by atoms with Gasteiger partial charge in [-0.3, -0.25) is 20.0 Å². The molecule has 0 fully saturated rings. The van der Waals surface area contributed by atoms with Crippen LogP contribution in [0.2, 0.25) is 0 Å². The SMILES string of the molecule is O=C(Cc1cc(=O)[nH]c(=S)[nH]1)NNS(=O)(=O)c1ccc2ccccc2c1. The van der Waals surface area contributed by atoms with Crippen molar-refractivity contribution >= 4 is 38.9 Å². The van der Waals surface area contributed by atoms with E-state index in [9.17, 15) is 18.0 Å². The number of aromatic amines is 2. The molecular weight excluding hydrogens is 376 g/mol. The van der Waals surface area contributed by atoms with Crippen molar-refractivity contribution in [1.29, 1.82) is 0 Å². The van der Waals surface area contributed by atoms with Crippen molar-refractivity contribution in [3.63, 3.8) is 0 Å². The number of rotatable bonds is 5. The highest BCUT2D eigenvalue weighted by atomic mass is 32.2. The van der Waals surface area contributed by atoms with Gasteiger partial charge in [-0.1, -0.05) is 30.3 Å². The van der Waals surface area contributed by atoms with Gasteiger partial charge in [0.2, 0.25) is 5.91 Å². The fraction of sp³-hybridized carbons (Fsp3) is 0.0625. The van der Waals surface area contributed by atoms with Gasteiger partial charge in [0.25, 0.3) is 15.6 Å². The van der Waals surface area contributed by atoms with Gasteiger partial charge in [-0.15, -0.1) is 4.83 Å². The zero-order valence-corrected chi connectivity index (χ0v) is 14.9. The predicted octanol–water partition coefficient (Wildman–Crippen LogP) is 1.14. The molecule has 3 rings (SSSR count). The molecule has 1 heterocycles. The first-order valence-corrected chi connectivity index (χ1v) is 9.35. The fourth-order valence-corrected chi connectivity index (χ4v) is 3.48. The Morgan fingerprint density at radius 3 is 2.50 bits per heavy atom. The van der Waals surface area contributed by atoms with Crippen LogP contribution in [0.1, 0.15) is 5.69 Å². The lowest BCUT2D eigenvalue weighted by Crippen LogP contribution is -2.42. The Hall–Kier alpha value is -2.82. The van der Waals surface area contributed by atoms with E-state index in [1.165, 1.54) is 18.2 Å². The van der Waals surface area contributed by atoms with E-state index in [-0.39, 0.29) is 21.8 Å². The smallest absolute Gasteiger partial charge is 0.257 e.